The molecule has 0 amide bonds. The summed E-state index contributed by atoms with van der Waals surface area (Å²) in [5.74, 6) is 0.824. The fourth-order valence-corrected chi connectivity index (χ4v) is 2.90. The van der Waals surface area contributed by atoms with Gasteiger partial charge in [-0.3, -0.25) is 4.90 Å². The largest absolute Gasteiger partial charge is 0.300 e. The van der Waals surface area contributed by atoms with Crippen LogP contribution in [-0.2, 0) is 0 Å². The maximum Gasteiger partial charge on any atom is 0.0223 e. The van der Waals surface area contributed by atoms with E-state index in [1.807, 2.05) is 0 Å². The van der Waals surface area contributed by atoms with Crippen molar-refractivity contribution < 1.29 is 0 Å². The van der Waals surface area contributed by atoms with Crippen LogP contribution in [0.4, 0.5) is 0 Å². The van der Waals surface area contributed by atoms with Gasteiger partial charge in [0, 0.05) is 32.2 Å². The van der Waals surface area contributed by atoms with Gasteiger partial charge in [0.15, 0.2) is 0 Å². The van der Waals surface area contributed by atoms with Crippen LogP contribution in [0.1, 0.15) is 33.1 Å². The normalized spacial score (nSPS) is 30.6. The van der Waals surface area contributed by atoms with Gasteiger partial charge in [0.1, 0.15) is 0 Å². The minimum Gasteiger partial charge on any atom is -0.300 e. The summed E-state index contributed by atoms with van der Waals surface area (Å²) in [5, 5.41) is 0. The van der Waals surface area contributed by atoms with E-state index >= 15 is 0 Å². The van der Waals surface area contributed by atoms with E-state index in [4.69, 9.17) is 0 Å². The highest BCUT2D eigenvalue weighted by Gasteiger charge is 2.28. The fraction of sp³-hybridized carbons (Fsp3) is 1.00. The van der Waals surface area contributed by atoms with Crippen LogP contribution in [-0.4, -0.2) is 48.6 Å². The number of fused-ring (bicyclic) bond motifs is 1. The third kappa shape index (κ3) is 2.48. The molecule has 2 heteroatoms. The first kappa shape index (κ1) is 10.4. The molecule has 14 heavy (non-hydrogen) atoms. The first-order valence-corrected chi connectivity index (χ1v) is 6.22. The lowest BCUT2D eigenvalue weighted by atomic mass is 9.99. The highest BCUT2D eigenvalue weighted by molar-refractivity contribution is 4.85. The van der Waals surface area contributed by atoms with Gasteiger partial charge in [-0.1, -0.05) is 20.3 Å². The van der Waals surface area contributed by atoms with Gasteiger partial charge >= 0.3 is 0 Å². The molecule has 2 nitrogen and oxygen atoms in total. The molecule has 0 spiro atoms. The Bertz CT molecular complexity index is 179. The minimum atomic E-state index is 0.824. The Kier molecular flexibility index (Phi) is 3.45. The Labute approximate surface area is 88.3 Å². The highest BCUT2D eigenvalue weighted by Crippen LogP contribution is 2.21. The van der Waals surface area contributed by atoms with Crippen LogP contribution in [0.2, 0.25) is 0 Å². The van der Waals surface area contributed by atoms with Crippen molar-refractivity contribution in [3.8, 4) is 0 Å². The molecule has 2 aliphatic heterocycles. The minimum absolute atomic E-state index is 0.824. The van der Waals surface area contributed by atoms with Gasteiger partial charge < -0.3 is 4.90 Å². The Morgan fingerprint density at radius 1 is 1.14 bits per heavy atom. The summed E-state index contributed by atoms with van der Waals surface area (Å²) < 4.78 is 0. The van der Waals surface area contributed by atoms with Crippen molar-refractivity contribution in [1.82, 2.24) is 9.80 Å². The van der Waals surface area contributed by atoms with Crippen LogP contribution in [0.3, 0.4) is 0 Å². The van der Waals surface area contributed by atoms with Gasteiger partial charge in [0.05, 0.1) is 0 Å². The average Bonchev–Trinajstić information content (AvgIpc) is 2.17. The van der Waals surface area contributed by atoms with E-state index in [0.29, 0.717) is 0 Å². The molecule has 82 valence electrons. The molecule has 0 aromatic rings. The molecule has 1 atom stereocenters. The molecule has 0 aromatic carbocycles. The third-order valence-corrected chi connectivity index (χ3v) is 3.54. The standard InChI is InChI=1S/C12H24N2/c1-11(2)9-13-7-8-14-6-4-3-5-12(14)10-13/h11-12H,3-10H2,1-2H3/t12-/m1/s1. The topological polar surface area (TPSA) is 6.48 Å². The van der Waals surface area contributed by atoms with Crippen LogP contribution in [0.15, 0.2) is 0 Å². The van der Waals surface area contributed by atoms with Gasteiger partial charge in [-0.25, -0.2) is 0 Å². The molecule has 0 aliphatic carbocycles. The second kappa shape index (κ2) is 4.63. The molecule has 0 unspecified atom stereocenters. The molecule has 2 aliphatic rings. The molecule has 0 aromatic heterocycles. The van der Waals surface area contributed by atoms with E-state index in [9.17, 15) is 0 Å². The van der Waals surface area contributed by atoms with Gasteiger partial charge in [0.2, 0.25) is 0 Å². The van der Waals surface area contributed by atoms with Crippen molar-refractivity contribution in [1.29, 1.82) is 0 Å². The molecule has 0 N–H and O–H groups in total. The lowest BCUT2D eigenvalue weighted by molar-refractivity contribution is 0.0441. The van der Waals surface area contributed by atoms with Crippen molar-refractivity contribution in [3.05, 3.63) is 0 Å². The fourth-order valence-electron chi connectivity index (χ4n) is 2.90. The molecule has 0 radical (unpaired) electrons. The summed E-state index contributed by atoms with van der Waals surface area (Å²) in [6.45, 7) is 11.3. The SMILES string of the molecule is CC(C)CN1CCN2CCCC[C@@H]2C1. The first-order valence-electron chi connectivity index (χ1n) is 6.22. The number of hydrogen-bond acceptors (Lipinski definition) is 2. The summed E-state index contributed by atoms with van der Waals surface area (Å²) in [7, 11) is 0. The number of nitrogens with zero attached hydrogens (tertiary/aromatic N) is 2. The summed E-state index contributed by atoms with van der Waals surface area (Å²) >= 11 is 0. The van der Waals surface area contributed by atoms with Crippen LogP contribution < -0.4 is 0 Å². The van der Waals surface area contributed by atoms with Crippen molar-refractivity contribution in [2.45, 2.75) is 39.2 Å². The predicted octanol–water partition coefficient (Wildman–Crippen LogP) is 1.81. The zero-order chi connectivity index (χ0) is 9.97. The van der Waals surface area contributed by atoms with E-state index in [1.54, 1.807) is 0 Å². The van der Waals surface area contributed by atoms with Gasteiger partial charge in [-0.2, -0.15) is 0 Å². The highest BCUT2D eigenvalue weighted by atomic mass is 15.3. The zero-order valence-corrected chi connectivity index (χ0v) is 9.71. The summed E-state index contributed by atoms with van der Waals surface area (Å²) in [4.78, 5) is 5.37. The zero-order valence-electron chi connectivity index (χ0n) is 9.71. The van der Waals surface area contributed by atoms with E-state index in [1.165, 1.54) is 52.0 Å². The molecular formula is C12H24N2. The van der Waals surface area contributed by atoms with Crippen molar-refractivity contribution in [3.63, 3.8) is 0 Å². The maximum atomic E-state index is 2.71. The lowest BCUT2D eigenvalue weighted by Crippen LogP contribution is -2.55. The van der Waals surface area contributed by atoms with Crippen molar-refractivity contribution in [2.75, 3.05) is 32.7 Å². The quantitative estimate of drug-likeness (QED) is 0.664. The molecule has 2 rings (SSSR count). The molecule has 0 saturated carbocycles. The first-order chi connectivity index (χ1) is 6.75. The Balaban J connectivity index is 1.83. The van der Waals surface area contributed by atoms with Crippen LogP contribution in [0.25, 0.3) is 0 Å². The Morgan fingerprint density at radius 2 is 2.00 bits per heavy atom. The van der Waals surface area contributed by atoms with E-state index in [2.05, 4.69) is 23.6 Å². The number of piperidine rings is 1. The monoisotopic (exact) mass is 196 g/mol. The molecule has 0 bridgehead atoms. The number of piperazine rings is 1. The second-order valence-corrected chi connectivity index (χ2v) is 5.34. The summed E-state index contributed by atoms with van der Waals surface area (Å²) in [5.41, 5.74) is 0. The molecule has 2 fully saturated rings. The second-order valence-electron chi connectivity index (χ2n) is 5.34. The van der Waals surface area contributed by atoms with Crippen molar-refractivity contribution >= 4 is 0 Å². The molecular weight excluding hydrogens is 172 g/mol. The average molecular weight is 196 g/mol. The van der Waals surface area contributed by atoms with E-state index in [-0.39, 0.29) is 0 Å². The maximum absolute atomic E-state index is 2.71. The Morgan fingerprint density at radius 3 is 2.79 bits per heavy atom. The van der Waals surface area contributed by atoms with E-state index in [0.717, 1.165) is 12.0 Å². The van der Waals surface area contributed by atoms with Crippen molar-refractivity contribution in [2.24, 2.45) is 5.92 Å². The number of hydrogen-bond donors (Lipinski definition) is 0. The summed E-state index contributed by atoms with van der Waals surface area (Å²) in [6, 6.07) is 0.885. The van der Waals surface area contributed by atoms with Gasteiger partial charge in [0.25, 0.3) is 0 Å². The lowest BCUT2D eigenvalue weighted by Gasteiger charge is -2.44. The number of rotatable bonds is 2. The van der Waals surface area contributed by atoms with Crippen LogP contribution in [0.5, 0.6) is 0 Å². The van der Waals surface area contributed by atoms with Crippen LogP contribution >= 0.6 is 0 Å². The Hall–Kier alpha value is -0.0800. The third-order valence-electron chi connectivity index (χ3n) is 3.54. The summed E-state index contributed by atoms with van der Waals surface area (Å²) in [6.07, 6.45) is 4.33. The molecule has 2 saturated heterocycles. The van der Waals surface area contributed by atoms with Gasteiger partial charge in [-0.05, 0) is 25.3 Å². The van der Waals surface area contributed by atoms with E-state index < -0.39 is 0 Å². The predicted molar refractivity (Wildman–Crippen MR) is 60.5 cm³/mol. The smallest absolute Gasteiger partial charge is 0.0223 e. The van der Waals surface area contributed by atoms with Gasteiger partial charge in [-0.15, -0.1) is 0 Å². The molecule has 2 heterocycles. The van der Waals surface area contributed by atoms with Crippen LogP contribution in [0, 0.1) is 5.92 Å².